The lowest BCUT2D eigenvalue weighted by atomic mass is 9.87. The Kier molecular flexibility index (Phi) is 14.9. The molecule has 2 aliphatic rings. The molecule has 3 atom stereocenters. The molecule has 0 bridgehead atoms. The molecule has 1 aromatic heterocycles. The summed E-state index contributed by atoms with van der Waals surface area (Å²) in [7, 11) is -3.97. The number of amides is 4. The summed E-state index contributed by atoms with van der Waals surface area (Å²) in [6.45, 7) is 14.5. The van der Waals surface area contributed by atoms with Gasteiger partial charge in [-0.25, -0.2) is 0 Å². The van der Waals surface area contributed by atoms with Crippen LogP contribution in [0.1, 0.15) is 109 Å². The van der Waals surface area contributed by atoms with Crippen LogP contribution in [0.4, 0.5) is 14.5 Å². The van der Waals surface area contributed by atoms with Gasteiger partial charge in [-0.2, -0.15) is 8.78 Å². The Morgan fingerprint density at radius 1 is 0.828 bits per heavy atom. The van der Waals surface area contributed by atoms with Gasteiger partial charge in [0.05, 0.1) is 15.7 Å². The summed E-state index contributed by atoms with van der Waals surface area (Å²) in [5.41, 5.74) is -5.68. The highest BCUT2D eigenvalue weighted by Crippen LogP contribution is 2.67. The van der Waals surface area contributed by atoms with Crippen molar-refractivity contribution < 1.29 is 60.6 Å². The first-order chi connectivity index (χ1) is 29.5. The second-order valence-electron chi connectivity index (χ2n) is 19.2. The molecule has 5 rings (SSSR count). The molecule has 3 heterocycles. The van der Waals surface area contributed by atoms with Crippen molar-refractivity contribution in [3.05, 3.63) is 64.5 Å². The van der Waals surface area contributed by atoms with E-state index in [0.717, 1.165) is 29.0 Å². The van der Waals surface area contributed by atoms with E-state index in [1.54, 1.807) is 11.9 Å². The highest BCUT2D eigenvalue weighted by Gasteiger charge is 2.56. The van der Waals surface area contributed by atoms with Gasteiger partial charge in [-0.3, -0.25) is 42.4 Å². The zero-order valence-corrected chi connectivity index (χ0v) is 40.0. The highest BCUT2D eigenvalue weighted by atomic mass is 32.1. The number of halogens is 2. The summed E-state index contributed by atoms with van der Waals surface area (Å²) < 4.78 is 66.8. The van der Waals surface area contributed by atoms with Crippen molar-refractivity contribution >= 4 is 70.3 Å². The molecule has 2 aliphatic heterocycles. The van der Waals surface area contributed by atoms with E-state index in [0.29, 0.717) is 29.6 Å². The number of rotatable bonds is 12. The second-order valence-corrected chi connectivity index (χ2v) is 22.4. The number of hydrogen-bond donors (Lipinski definition) is 1. The van der Waals surface area contributed by atoms with Crippen LogP contribution in [0, 0.1) is 10.8 Å². The third-order valence-corrected chi connectivity index (χ3v) is 14.1. The molecule has 64 heavy (non-hydrogen) atoms. The molecule has 0 aliphatic carbocycles. The number of alkyl halides is 2. The fourth-order valence-corrected chi connectivity index (χ4v) is 9.39. The van der Waals surface area contributed by atoms with E-state index in [4.69, 9.17) is 18.5 Å². The van der Waals surface area contributed by atoms with Crippen LogP contribution in [-0.2, 0) is 58.1 Å². The maximum absolute atomic E-state index is 16.4. The van der Waals surface area contributed by atoms with Crippen LogP contribution in [0.25, 0.3) is 10.1 Å². The van der Waals surface area contributed by atoms with Crippen molar-refractivity contribution in [1.29, 1.82) is 0 Å². The summed E-state index contributed by atoms with van der Waals surface area (Å²) in [4.78, 5) is 84.5. The second kappa shape index (κ2) is 19.0. The lowest BCUT2D eigenvalue weighted by Gasteiger charge is -2.39. The van der Waals surface area contributed by atoms with Crippen LogP contribution in [0.3, 0.4) is 0 Å². The van der Waals surface area contributed by atoms with Crippen molar-refractivity contribution in [2.45, 2.75) is 118 Å². The van der Waals surface area contributed by atoms with Gasteiger partial charge in [-0.05, 0) is 108 Å². The number of ether oxygens (including phenoxy) is 2. The Morgan fingerprint density at radius 3 is 1.92 bits per heavy atom. The Balaban J connectivity index is 1.39. The fraction of sp³-hybridized carbons (Fsp3) is 0.556. The van der Waals surface area contributed by atoms with E-state index in [2.05, 4.69) is 26.1 Å². The van der Waals surface area contributed by atoms with Gasteiger partial charge in [0.1, 0.15) is 12.1 Å². The number of carbonyl (C=O) groups excluding carboxylic acids is 6. The molecular formula is C45H59F2N4O11PS. The predicted octanol–water partition coefficient (Wildman–Crippen LogP) is 7.94. The quantitative estimate of drug-likeness (QED) is 0.106. The molecule has 0 radical (unpaired) electrons. The molecule has 3 aromatic rings. The third kappa shape index (κ3) is 11.2. The van der Waals surface area contributed by atoms with Gasteiger partial charge in [-0.15, -0.1) is 11.3 Å². The molecule has 0 saturated carbocycles. The van der Waals surface area contributed by atoms with E-state index in [1.165, 1.54) is 70.4 Å². The van der Waals surface area contributed by atoms with Crippen LogP contribution < -0.4 is 10.2 Å². The van der Waals surface area contributed by atoms with Crippen LogP contribution in [0.15, 0.2) is 48.5 Å². The van der Waals surface area contributed by atoms with Crippen molar-refractivity contribution in [2.75, 3.05) is 38.6 Å². The van der Waals surface area contributed by atoms with Crippen molar-refractivity contribution in [3.63, 3.8) is 0 Å². The number of benzene rings is 2. The van der Waals surface area contributed by atoms with Gasteiger partial charge in [0.25, 0.3) is 5.91 Å². The minimum absolute atomic E-state index is 0.0302. The summed E-state index contributed by atoms with van der Waals surface area (Å²) >= 11 is 0.936. The first-order valence-electron chi connectivity index (χ1n) is 21.0. The Bertz CT molecular complexity index is 2280. The topological polar surface area (TPSA) is 178 Å². The fourth-order valence-electron chi connectivity index (χ4n) is 7.21. The number of esters is 2. The zero-order chi connectivity index (χ0) is 47.7. The molecule has 2 saturated heterocycles. The largest absolute Gasteiger partial charge is 0.438 e. The Morgan fingerprint density at radius 2 is 1.39 bits per heavy atom. The van der Waals surface area contributed by atoms with Gasteiger partial charge < -0.3 is 29.5 Å². The van der Waals surface area contributed by atoms with E-state index in [-0.39, 0.29) is 46.6 Å². The van der Waals surface area contributed by atoms with Gasteiger partial charge in [0.15, 0.2) is 0 Å². The van der Waals surface area contributed by atoms with Crippen molar-refractivity contribution in [2.24, 2.45) is 10.8 Å². The number of fused-ring (bicyclic) bond motifs is 2. The van der Waals surface area contributed by atoms with Crippen LogP contribution in [0.5, 0.6) is 0 Å². The van der Waals surface area contributed by atoms with Crippen molar-refractivity contribution in [1.82, 2.24) is 15.1 Å². The summed E-state index contributed by atoms with van der Waals surface area (Å²) in [6, 6.07) is 9.76. The molecule has 1 unspecified atom stereocenters. The SMILES string of the molecule is CC(=O)N1CC[C@H]2CC[C@@H](C(=O)N(C)c3ccc(C(C)(C)C)cc3)N2C(=O)C(NC(=O)c2cc3cc(C(F)(F)P(=O)(OCOC(=O)C(C)(C)C)OCOC(=O)C(C)(C)C)ccc3s2)C1. The zero-order valence-electron chi connectivity index (χ0n) is 38.2. The van der Waals surface area contributed by atoms with Gasteiger partial charge in [-0.1, -0.05) is 39.0 Å². The molecule has 0 spiro atoms. The first kappa shape index (κ1) is 50.2. The summed E-state index contributed by atoms with van der Waals surface area (Å²) in [5.74, 6) is -3.52. The third-order valence-electron chi connectivity index (χ3n) is 11.2. The number of nitrogens with zero attached hydrogens (tertiary/aromatic N) is 3. The van der Waals surface area contributed by atoms with Crippen molar-refractivity contribution in [3.8, 4) is 0 Å². The molecule has 15 nitrogen and oxygen atoms in total. The van der Waals surface area contributed by atoms with Gasteiger partial charge in [0, 0.05) is 49.1 Å². The standard InChI is InChI=1S/C45H59F2N4O11PS/c1-27(52)50-21-20-32-17-18-34(39(55)49(11)31-15-12-29(13-16-31)42(2,3)4)51(32)38(54)33(24-50)48-37(53)36-23-28-22-30(14-19-35(28)64-36)45(46,47)63(58,61-25-59-40(56)43(5,6)7)62-26-60-41(57)44(8,9)10/h12-16,19,22-23,32-34H,17-18,20-21,24-26H2,1-11H3,(H,48,53)/t32-,33?,34+/m1/s1. The predicted molar refractivity (Wildman–Crippen MR) is 237 cm³/mol. The molecule has 1 N–H and O–H groups in total. The lowest BCUT2D eigenvalue weighted by molar-refractivity contribution is -0.163. The van der Waals surface area contributed by atoms with Gasteiger partial charge >= 0.3 is 25.2 Å². The molecule has 350 valence electrons. The van der Waals surface area contributed by atoms with Gasteiger partial charge in [0.2, 0.25) is 31.3 Å². The highest BCUT2D eigenvalue weighted by molar-refractivity contribution is 7.54. The Labute approximate surface area is 376 Å². The lowest BCUT2D eigenvalue weighted by Crippen LogP contribution is -2.61. The number of hydrogen-bond acceptors (Lipinski definition) is 12. The molecule has 4 amide bonds. The maximum atomic E-state index is 16.4. The van der Waals surface area contributed by atoms with E-state index >= 15 is 8.78 Å². The average Bonchev–Trinajstić information content (AvgIpc) is 3.83. The van der Waals surface area contributed by atoms with Crippen LogP contribution in [-0.4, -0.2) is 97.2 Å². The smallest absolute Gasteiger partial charge is 0.410 e. The van der Waals surface area contributed by atoms with E-state index in [1.807, 2.05) is 24.3 Å². The Hall–Kier alpha value is -4.77. The number of thiophene rings is 1. The van der Waals surface area contributed by atoms with Crippen LogP contribution in [0.2, 0.25) is 0 Å². The minimum Gasteiger partial charge on any atom is -0.438 e. The normalized spacial score (nSPS) is 18.8. The molecule has 19 heteroatoms. The van der Waals surface area contributed by atoms with Crippen LogP contribution >= 0.6 is 18.9 Å². The molecule has 2 fully saturated rings. The molecular weight excluding hydrogens is 874 g/mol. The van der Waals surface area contributed by atoms with E-state index in [9.17, 15) is 33.3 Å². The first-order valence-corrected chi connectivity index (χ1v) is 23.3. The molecule has 2 aromatic carbocycles. The number of carbonyl (C=O) groups is 6. The average molecular weight is 933 g/mol. The number of likely N-dealkylation sites (N-methyl/N-ethyl adjacent to an activating group) is 1. The maximum Gasteiger partial charge on any atom is 0.410 e. The monoisotopic (exact) mass is 932 g/mol. The number of anilines is 1. The number of nitrogens with one attached hydrogen (secondary N) is 1. The summed E-state index contributed by atoms with van der Waals surface area (Å²) in [5, 5.41) is 2.89. The minimum atomic E-state index is -5.62. The summed E-state index contributed by atoms with van der Waals surface area (Å²) in [6.07, 6.45) is 1.34. The van der Waals surface area contributed by atoms with E-state index < -0.39 is 79.1 Å².